The fraction of sp³-hybridized carbons (Fsp3) is 0.333. The molecule has 4 nitrogen and oxygen atoms in total. The number of ether oxygens (including phenoxy) is 1. The van der Waals surface area contributed by atoms with Crippen LogP contribution in [0.1, 0.15) is 5.56 Å². The molecule has 1 aromatic rings. The van der Waals surface area contributed by atoms with Gasteiger partial charge in [-0.25, -0.2) is 9.82 Å². The number of halogens is 1. The lowest BCUT2D eigenvalue weighted by Gasteiger charge is -2.06. The summed E-state index contributed by atoms with van der Waals surface area (Å²) in [5.74, 6) is 4.96. The maximum atomic E-state index is 13.2. The van der Waals surface area contributed by atoms with E-state index in [1.54, 1.807) is 12.1 Å². The Balaban J connectivity index is 2.57. The first-order chi connectivity index (χ1) is 6.77. The molecule has 14 heavy (non-hydrogen) atoms. The zero-order valence-electron chi connectivity index (χ0n) is 8.01. The van der Waals surface area contributed by atoms with E-state index in [2.05, 4.69) is 10.7 Å². The van der Waals surface area contributed by atoms with Crippen LogP contribution in [0.5, 0.6) is 5.75 Å². The summed E-state index contributed by atoms with van der Waals surface area (Å²) in [7, 11) is 1.44. The van der Waals surface area contributed by atoms with Crippen molar-refractivity contribution in [1.29, 1.82) is 0 Å². The molecule has 0 aliphatic rings. The number of nitrogens with one attached hydrogen (secondary N) is 2. The van der Waals surface area contributed by atoms with Crippen LogP contribution in [-0.2, 0) is 6.54 Å². The molecule has 0 spiro atoms. The lowest BCUT2D eigenvalue weighted by Crippen LogP contribution is -2.33. The Bertz CT molecular complexity index is 293. The maximum Gasteiger partial charge on any atom is 0.165 e. The Hall–Kier alpha value is -1.17. The van der Waals surface area contributed by atoms with Gasteiger partial charge in [-0.05, 0) is 17.7 Å². The van der Waals surface area contributed by atoms with E-state index in [-0.39, 0.29) is 11.6 Å². The Labute approximate surface area is 82.2 Å². The van der Waals surface area contributed by atoms with E-state index >= 15 is 0 Å². The summed E-state index contributed by atoms with van der Waals surface area (Å²) in [6.45, 7) is 1.04. The van der Waals surface area contributed by atoms with Crippen LogP contribution in [0.4, 0.5) is 4.39 Å². The number of hydrazine groups is 1. The number of methoxy groups -OCH3 is 1. The van der Waals surface area contributed by atoms with Crippen LogP contribution in [-0.4, -0.2) is 13.8 Å². The summed E-state index contributed by atoms with van der Waals surface area (Å²) in [6.07, 6.45) is 0. The van der Waals surface area contributed by atoms with Gasteiger partial charge >= 0.3 is 0 Å². The molecule has 0 aliphatic heterocycles. The zero-order chi connectivity index (χ0) is 10.4. The van der Waals surface area contributed by atoms with E-state index in [4.69, 9.17) is 10.6 Å². The van der Waals surface area contributed by atoms with E-state index in [1.165, 1.54) is 13.2 Å². The molecule has 0 bridgehead atoms. The molecular weight excluding hydrogens is 185 g/mol. The minimum absolute atomic E-state index is 0.255. The highest BCUT2D eigenvalue weighted by atomic mass is 19.1. The lowest BCUT2D eigenvalue weighted by atomic mass is 10.2. The number of hydrogen-bond donors (Lipinski definition) is 3. The van der Waals surface area contributed by atoms with E-state index in [0.29, 0.717) is 13.2 Å². The molecule has 78 valence electrons. The molecule has 0 saturated carbocycles. The number of hydrogen-bond acceptors (Lipinski definition) is 4. The highest BCUT2D eigenvalue weighted by Crippen LogP contribution is 2.17. The lowest BCUT2D eigenvalue weighted by molar-refractivity contribution is 0.386. The van der Waals surface area contributed by atoms with Crippen molar-refractivity contribution in [2.75, 3.05) is 13.8 Å². The molecule has 0 amide bonds. The molecule has 1 aromatic carbocycles. The predicted octanol–water partition coefficient (Wildman–Crippen LogP) is 0.345. The SMILES string of the molecule is COc1ccc(CNCNN)cc1F. The van der Waals surface area contributed by atoms with Crippen molar-refractivity contribution < 1.29 is 9.13 Å². The first kappa shape index (κ1) is 10.9. The van der Waals surface area contributed by atoms with Crippen molar-refractivity contribution in [2.24, 2.45) is 5.84 Å². The second kappa shape index (κ2) is 5.54. The topological polar surface area (TPSA) is 59.3 Å². The van der Waals surface area contributed by atoms with Crippen molar-refractivity contribution in [3.05, 3.63) is 29.6 Å². The third-order valence-corrected chi connectivity index (χ3v) is 1.77. The maximum absolute atomic E-state index is 13.2. The van der Waals surface area contributed by atoms with Gasteiger partial charge in [-0.3, -0.25) is 11.2 Å². The van der Waals surface area contributed by atoms with Gasteiger partial charge in [0.2, 0.25) is 0 Å². The molecule has 4 N–H and O–H groups in total. The summed E-state index contributed by atoms with van der Waals surface area (Å²) in [4.78, 5) is 0. The second-order valence-electron chi connectivity index (χ2n) is 2.78. The van der Waals surface area contributed by atoms with Crippen LogP contribution < -0.4 is 21.3 Å². The third-order valence-electron chi connectivity index (χ3n) is 1.77. The molecule has 0 atom stereocenters. The minimum atomic E-state index is -0.354. The standard InChI is InChI=1S/C9H14FN3O/c1-14-9-3-2-7(4-8(9)10)5-12-6-13-11/h2-4,12-13H,5-6,11H2,1H3. The molecular formula is C9H14FN3O. The van der Waals surface area contributed by atoms with Crippen LogP contribution >= 0.6 is 0 Å². The summed E-state index contributed by atoms with van der Waals surface area (Å²) < 4.78 is 18.0. The van der Waals surface area contributed by atoms with E-state index in [0.717, 1.165) is 5.56 Å². The molecule has 0 saturated heterocycles. The monoisotopic (exact) mass is 199 g/mol. The largest absolute Gasteiger partial charge is 0.494 e. The van der Waals surface area contributed by atoms with E-state index in [1.807, 2.05) is 0 Å². The van der Waals surface area contributed by atoms with Crippen molar-refractivity contribution in [3.8, 4) is 5.75 Å². The smallest absolute Gasteiger partial charge is 0.165 e. The van der Waals surface area contributed by atoms with Gasteiger partial charge in [-0.1, -0.05) is 6.07 Å². The number of rotatable bonds is 5. The quantitative estimate of drug-likeness (QED) is 0.277. The van der Waals surface area contributed by atoms with Crippen LogP contribution in [0, 0.1) is 5.82 Å². The molecule has 0 heterocycles. The highest BCUT2D eigenvalue weighted by molar-refractivity contribution is 5.29. The summed E-state index contributed by atoms with van der Waals surface area (Å²) in [5.41, 5.74) is 3.29. The van der Waals surface area contributed by atoms with E-state index in [9.17, 15) is 4.39 Å². The van der Waals surface area contributed by atoms with Gasteiger partial charge in [0.1, 0.15) is 0 Å². The van der Waals surface area contributed by atoms with Gasteiger partial charge in [0.05, 0.1) is 13.8 Å². The third kappa shape index (κ3) is 2.95. The number of nitrogens with two attached hydrogens (primary N) is 1. The fourth-order valence-corrected chi connectivity index (χ4v) is 1.10. The Morgan fingerprint density at radius 3 is 2.86 bits per heavy atom. The fourth-order valence-electron chi connectivity index (χ4n) is 1.10. The molecule has 0 fully saturated rings. The molecule has 1 rings (SSSR count). The van der Waals surface area contributed by atoms with Gasteiger partial charge in [-0.2, -0.15) is 0 Å². The van der Waals surface area contributed by atoms with Crippen LogP contribution in [0.15, 0.2) is 18.2 Å². The first-order valence-corrected chi connectivity index (χ1v) is 4.24. The first-order valence-electron chi connectivity index (χ1n) is 4.24. The summed E-state index contributed by atoms with van der Waals surface area (Å²) >= 11 is 0. The summed E-state index contributed by atoms with van der Waals surface area (Å²) in [6, 6.07) is 4.83. The normalized spacial score (nSPS) is 10.2. The highest BCUT2D eigenvalue weighted by Gasteiger charge is 2.02. The van der Waals surface area contributed by atoms with Crippen molar-refractivity contribution in [3.63, 3.8) is 0 Å². The van der Waals surface area contributed by atoms with E-state index < -0.39 is 0 Å². The molecule has 0 unspecified atom stereocenters. The van der Waals surface area contributed by atoms with Crippen LogP contribution in [0.2, 0.25) is 0 Å². The molecule has 0 aliphatic carbocycles. The number of benzene rings is 1. The van der Waals surface area contributed by atoms with Crippen molar-refractivity contribution in [1.82, 2.24) is 10.7 Å². The molecule has 0 aromatic heterocycles. The minimum Gasteiger partial charge on any atom is -0.494 e. The van der Waals surface area contributed by atoms with Gasteiger partial charge in [-0.15, -0.1) is 0 Å². The average molecular weight is 199 g/mol. The van der Waals surface area contributed by atoms with Crippen molar-refractivity contribution in [2.45, 2.75) is 6.54 Å². The van der Waals surface area contributed by atoms with Crippen molar-refractivity contribution >= 4 is 0 Å². The zero-order valence-corrected chi connectivity index (χ0v) is 8.01. The Morgan fingerprint density at radius 2 is 2.29 bits per heavy atom. The Kier molecular flexibility index (Phi) is 4.31. The van der Waals surface area contributed by atoms with Crippen LogP contribution in [0.25, 0.3) is 0 Å². The second-order valence-corrected chi connectivity index (χ2v) is 2.78. The average Bonchev–Trinajstić information content (AvgIpc) is 2.18. The van der Waals surface area contributed by atoms with Gasteiger partial charge in [0, 0.05) is 6.54 Å². The van der Waals surface area contributed by atoms with Gasteiger partial charge in [0.15, 0.2) is 11.6 Å². The molecule has 5 heteroatoms. The van der Waals surface area contributed by atoms with Crippen LogP contribution in [0.3, 0.4) is 0 Å². The van der Waals surface area contributed by atoms with Gasteiger partial charge < -0.3 is 4.74 Å². The summed E-state index contributed by atoms with van der Waals surface area (Å²) in [5, 5.41) is 2.97. The predicted molar refractivity (Wildman–Crippen MR) is 52.0 cm³/mol. The molecule has 0 radical (unpaired) electrons. The Morgan fingerprint density at radius 1 is 1.50 bits per heavy atom. The van der Waals surface area contributed by atoms with Gasteiger partial charge in [0.25, 0.3) is 0 Å².